The van der Waals surface area contributed by atoms with Crippen LogP contribution in [0.4, 0.5) is 0 Å². The monoisotopic (exact) mass is 155 g/mol. The Bertz CT molecular complexity index is 173. The molecule has 3 unspecified atom stereocenters. The summed E-state index contributed by atoms with van der Waals surface area (Å²) in [5.74, 6) is 0.165. The molecule has 0 aromatic carbocycles. The lowest BCUT2D eigenvalue weighted by Gasteiger charge is -2.31. The summed E-state index contributed by atoms with van der Waals surface area (Å²) in [6.45, 7) is 2.08. The third-order valence-electron chi connectivity index (χ3n) is 2.47. The average Bonchev–Trinajstić information content (AvgIpc) is 2.29. The van der Waals surface area contributed by atoms with Crippen LogP contribution in [0.15, 0.2) is 0 Å². The maximum Gasteiger partial charge on any atom is 0.222 e. The smallest absolute Gasteiger partial charge is 0.222 e. The van der Waals surface area contributed by atoms with Gasteiger partial charge in [0.1, 0.15) is 0 Å². The van der Waals surface area contributed by atoms with Crippen molar-refractivity contribution in [2.45, 2.75) is 44.4 Å². The quantitative estimate of drug-likeness (QED) is 0.558. The SMILES string of the molecule is CC1CCC(C2CC(=O)N2)O1. The standard InChI is InChI=1S/C8H13NO2/c1-5-2-3-7(11-5)6-4-8(10)9-6/h5-7H,2-4H2,1H3,(H,9,10). The van der Waals surface area contributed by atoms with Crippen LogP contribution in [0.2, 0.25) is 0 Å². The van der Waals surface area contributed by atoms with E-state index in [0.717, 1.165) is 12.8 Å². The summed E-state index contributed by atoms with van der Waals surface area (Å²) in [5, 5.41) is 2.84. The van der Waals surface area contributed by atoms with Crippen molar-refractivity contribution in [3.63, 3.8) is 0 Å². The summed E-state index contributed by atoms with van der Waals surface area (Å²) in [6.07, 6.45) is 3.58. The van der Waals surface area contributed by atoms with Gasteiger partial charge in [-0.25, -0.2) is 0 Å². The number of hydrogen-bond donors (Lipinski definition) is 1. The highest BCUT2D eigenvalue weighted by molar-refractivity contribution is 5.83. The fraction of sp³-hybridized carbons (Fsp3) is 0.875. The molecule has 0 radical (unpaired) electrons. The Labute approximate surface area is 66.1 Å². The minimum Gasteiger partial charge on any atom is -0.373 e. The average molecular weight is 155 g/mol. The van der Waals surface area contributed by atoms with E-state index in [4.69, 9.17) is 4.74 Å². The Morgan fingerprint density at radius 2 is 2.27 bits per heavy atom. The molecule has 3 nitrogen and oxygen atoms in total. The normalized spacial score (nSPS) is 43.4. The number of nitrogens with one attached hydrogen (secondary N) is 1. The molecule has 0 aromatic rings. The maximum atomic E-state index is 10.6. The predicted molar refractivity (Wildman–Crippen MR) is 40.1 cm³/mol. The van der Waals surface area contributed by atoms with Crippen molar-refractivity contribution < 1.29 is 9.53 Å². The van der Waals surface area contributed by atoms with E-state index in [-0.39, 0.29) is 5.91 Å². The van der Waals surface area contributed by atoms with Gasteiger partial charge in [0, 0.05) is 6.42 Å². The van der Waals surface area contributed by atoms with Crippen molar-refractivity contribution in [3.8, 4) is 0 Å². The fourth-order valence-electron chi connectivity index (χ4n) is 1.74. The second-order valence-corrected chi connectivity index (χ2v) is 3.44. The molecule has 11 heavy (non-hydrogen) atoms. The van der Waals surface area contributed by atoms with E-state index in [9.17, 15) is 4.79 Å². The van der Waals surface area contributed by atoms with Crippen LogP contribution in [0, 0.1) is 0 Å². The Hall–Kier alpha value is -0.570. The van der Waals surface area contributed by atoms with Gasteiger partial charge in [-0.2, -0.15) is 0 Å². The van der Waals surface area contributed by atoms with Crippen LogP contribution >= 0.6 is 0 Å². The fourth-order valence-corrected chi connectivity index (χ4v) is 1.74. The maximum absolute atomic E-state index is 10.6. The van der Waals surface area contributed by atoms with Crippen LogP contribution in [0.5, 0.6) is 0 Å². The van der Waals surface area contributed by atoms with Crippen molar-refractivity contribution >= 4 is 5.91 Å². The highest BCUT2D eigenvalue weighted by Gasteiger charge is 2.37. The highest BCUT2D eigenvalue weighted by Crippen LogP contribution is 2.25. The molecule has 0 bridgehead atoms. The van der Waals surface area contributed by atoms with Crippen molar-refractivity contribution in [1.29, 1.82) is 0 Å². The molecule has 3 atom stereocenters. The lowest BCUT2D eigenvalue weighted by Crippen LogP contribution is -2.54. The Balaban J connectivity index is 1.83. The summed E-state index contributed by atoms with van der Waals surface area (Å²) in [6, 6.07) is 0.312. The van der Waals surface area contributed by atoms with E-state index in [1.165, 1.54) is 0 Å². The molecule has 2 saturated heterocycles. The highest BCUT2D eigenvalue weighted by atomic mass is 16.5. The third kappa shape index (κ3) is 1.25. The molecule has 2 fully saturated rings. The number of carbonyl (C=O) groups excluding carboxylic acids is 1. The Morgan fingerprint density at radius 3 is 2.73 bits per heavy atom. The molecule has 2 aliphatic heterocycles. The summed E-state index contributed by atoms with van der Waals surface area (Å²) in [5.41, 5.74) is 0. The van der Waals surface area contributed by atoms with E-state index in [1.54, 1.807) is 0 Å². The first kappa shape index (κ1) is 7.10. The zero-order chi connectivity index (χ0) is 7.84. The molecule has 2 aliphatic rings. The molecule has 62 valence electrons. The first-order valence-electron chi connectivity index (χ1n) is 4.20. The minimum absolute atomic E-state index is 0.165. The van der Waals surface area contributed by atoms with Crippen molar-refractivity contribution in [3.05, 3.63) is 0 Å². The lowest BCUT2D eigenvalue weighted by molar-refractivity contribution is -0.131. The van der Waals surface area contributed by atoms with E-state index in [2.05, 4.69) is 12.2 Å². The number of β-lactam (4-membered cyclic amide) rings is 1. The van der Waals surface area contributed by atoms with Gasteiger partial charge in [-0.15, -0.1) is 0 Å². The van der Waals surface area contributed by atoms with E-state index < -0.39 is 0 Å². The molecule has 0 spiro atoms. The van der Waals surface area contributed by atoms with Gasteiger partial charge in [-0.3, -0.25) is 4.79 Å². The number of carbonyl (C=O) groups is 1. The second kappa shape index (κ2) is 2.48. The van der Waals surface area contributed by atoms with Gasteiger partial charge >= 0.3 is 0 Å². The lowest BCUT2D eigenvalue weighted by atomic mass is 9.98. The van der Waals surface area contributed by atoms with Crippen molar-refractivity contribution in [2.24, 2.45) is 0 Å². The van der Waals surface area contributed by atoms with Gasteiger partial charge in [-0.1, -0.05) is 0 Å². The summed E-state index contributed by atoms with van der Waals surface area (Å²) in [7, 11) is 0. The number of amides is 1. The molecule has 0 aliphatic carbocycles. The predicted octanol–water partition coefficient (Wildman–Crippen LogP) is 0.442. The first-order valence-corrected chi connectivity index (χ1v) is 4.20. The molecule has 2 rings (SSSR count). The topological polar surface area (TPSA) is 38.3 Å². The van der Waals surface area contributed by atoms with Gasteiger partial charge < -0.3 is 10.1 Å². The molecule has 1 amide bonds. The third-order valence-corrected chi connectivity index (χ3v) is 2.47. The minimum atomic E-state index is 0.165. The van der Waals surface area contributed by atoms with Crippen LogP contribution < -0.4 is 5.32 Å². The zero-order valence-corrected chi connectivity index (χ0v) is 6.67. The summed E-state index contributed by atoms with van der Waals surface area (Å²) >= 11 is 0. The summed E-state index contributed by atoms with van der Waals surface area (Å²) in [4.78, 5) is 10.6. The van der Waals surface area contributed by atoms with Crippen LogP contribution in [0.3, 0.4) is 0 Å². The molecule has 2 heterocycles. The van der Waals surface area contributed by atoms with Crippen LogP contribution in [0.25, 0.3) is 0 Å². The summed E-state index contributed by atoms with van der Waals surface area (Å²) < 4.78 is 5.60. The number of rotatable bonds is 1. The molecule has 1 N–H and O–H groups in total. The molecule has 0 saturated carbocycles. The zero-order valence-electron chi connectivity index (χ0n) is 6.67. The molecule has 3 heteroatoms. The second-order valence-electron chi connectivity index (χ2n) is 3.44. The van der Waals surface area contributed by atoms with Gasteiger partial charge in [0.2, 0.25) is 5.91 Å². The van der Waals surface area contributed by atoms with Crippen LogP contribution in [-0.4, -0.2) is 24.2 Å². The van der Waals surface area contributed by atoms with E-state index in [0.29, 0.717) is 24.7 Å². The van der Waals surface area contributed by atoms with Crippen LogP contribution in [0.1, 0.15) is 26.2 Å². The Morgan fingerprint density at radius 1 is 1.55 bits per heavy atom. The van der Waals surface area contributed by atoms with Crippen molar-refractivity contribution in [1.82, 2.24) is 5.32 Å². The van der Waals surface area contributed by atoms with Gasteiger partial charge in [-0.05, 0) is 19.8 Å². The number of ether oxygens (including phenoxy) is 1. The van der Waals surface area contributed by atoms with E-state index >= 15 is 0 Å². The first-order chi connectivity index (χ1) is 5.25. The van der Waals surface area contributed by atoms with Crippen molar-refractivity contribution in [2.75, 3.05) is 0 Å². The Kier molecular flexibility index (Phi) is 1.60. The largest absolute Gasteiger partial charge is 0.373 e. The van der Waals surface area contributed by atoms with Gasteiger partial charge in [0.25, 0.3) is 0 Å². The van der Waals surface area contributed by atoms with Gasteiger partial charge in [0.05, 0.1) is 18.2 Å². The van der Waals surface area contributed by atoms with Crippen LogP contribution in [-0.2, 0) is 9.53 Å². The molecular formula is C8H13NO2. The molecule has 0 aromatic heterocycles. The number of hydrogen-bond acceptors (Lipinski definition) is 2. The van der Waals surface area contributed by atoms with Gasteiger partial charge in [0.15, 0.2) is 0 Å². The van der Waals surface area contributed by atoms with E-state index in [1.807, 2.05) is 0 Å². The molecular weight excluding hydrogens is 142 g/mol.